The smallest absolute Gasteiger partial charge is 0.261 e. The maximum Gasteiger partial charge on any atom is 0.261 e. The number of halogens is 1. The molecule has 0 atom stereocenters. The molecule has 0 aliphatic heterocycles. The van der Waals surface area contributed by atoms with Gasteiger partial charge in [0.2, 0.25) is 0 Å². The zero-order chi connectivity index (χ0) is 12.4. The van der Waals surface area contributed by atoms with Crippen LogP contribution in [0.3, 0.4) is 0 Å². The summed E-state index contributed by atoms with van der Waals surface area (Å²) in [6.45, 7) is 1.95. The highest BCUT2D eigenvalue weighted by Crippen LogP contribution is 2.21. The number of nitrogens with zero attached hydrogens (tertiary/aromatic N) is 1. The summed E-state index contributed by atoms with van der Waals surface area (Å²) in [5.41, 5.74) is 7.74. The van der Waals surface area contributed by atoms with E-state index in [1.807, 2.05) is 25.1 Å². The van der Waals surface area contributed by atoms with Crippen molar-refractivity contribution in [3.05, 3.63) is 39.1 Å². The number of aromatic amines is 1. The minimum absolute atomic E-state index is 0.263. The van der Waals surface area contributed by atoms with Gasteiger partial charge in [0.1, 0.15) is 11.4 Å². The maximum absolute atomic E-state index is 11.9. The second kappa shape index (κ2) is 4.74. The van der Waals surface area contributed by atoms with Crippen molar-refractivity contribution in [1.29, 1.82) is 0 Å². The topological polar surface area (TPSA) is 83.8 Å². The molecule has 0 aliphatic rings. The molecule has 2 aromatic rings. The lowest BCUT2D eigenvalue weighted by Gasteiger charge is -2.08. The number of benzene rings is 1. The van der Waals surface area contributed by atoms with Crippen molar-refractivity contribution >= 4 is 40.0 Å². The number of nitrogens with one attached hydrogen (secondary N) is 2. The fourth-order valence-corrected chi connectivity index (χ4v) is 1.91. The van der Waals surface area contributed by atoms with Crippen molar-refractivity contribution in [2.24, 2.45) is 0 Å². The van der Waals surface area contributed by atoms with E-state index in [-0.39, 0.29) is 11.7 Å². The minimum atomic E-state index is -0.263. The molecular formula is C11H11IN4O. The molecule has 0 radical (unpaired) electrons. The largest absolute Gasteiger partial charge is 0.383 e. The fraction of sp³-hybridized carbons (Fsp3) is 0.0909. The molecule has 1 aromatic heterocycles. The summed E-state index contributed by atoms with van der Waals surface area (Å²) in [4.78, 5) is 11.9. The molecule has 0 spiro atoms. The van der Waals surface area contributed by atoms with Crippen LogP contribution in [0.15, 0.2) is 24.4 Å². The molecule has 1 amide bonds. The Morgan fingerprint density at radius 2 is 2.29 bits per heavy atom. The van der Waals surface area contributed by atoms with Crippen molar-refractivity contribution in [3.63, 3.8) is 0 Å². The Labute approximate surface area is 112 Å². The lowest BCUT2D eigenvalue weighted by atomic mass is 10.2. The number of carbonyl (C=O) groups is 1. The number of H-pyrrole nitrogens is 1. The van der Waals surface area contributed by atoms with Gasteiger partial charge in [0.25, 0.3) is 5.91 Å². The van der Waals surface area contributed by atoms with Crippen LogP contribution in [-0.4, -0.2) is 16.1 Å². The Morgan fingerprint density at radius 3 is 2.94 bits per heavy atom. The van der Waals surface area contributed by atoms with E-state index in [1.165, 1.54) is 6.20 Å². The highest BCUT2D eigenvalue weighted by atomic mass is 127. The van der Waals surface area contributed by atoms with Gasteiger partial charge in [0.05, 0.1) is 6.20 Å². The van der Waals surface area contributed by atoms with E-state index >= 15 is 0 Å². The quantitative estimate of drug-likeness (QED) is 0.732. The van der Waals surface area contributed by atoms with Gasteiger partial charge in [-0.25, -0.2) is 0 Å². The minimum Gasteiger partial charge on any atom is -0.383 e. The van der Waals surface area contributed by atoms with Crippen molar-refractivity contribution in [2.45, 2.75) is 6.92 Å². The summed E-state index contributed by atoms with van der Waals surface area (Å²) in [6, 6.07) is 5.73. The summed E-state index contributed by atoms with van der Waals surface area (Å²) in [5.74, 6) is 0.00660. The first-order chi connectivity index (χ1) is 8.09. The highest BCUT2D eigenvalue weighted by Gasteiger charge is 2.13. The van der Waals surface area contributed by atoms with Crippen LogP contribution in [0.1, 0.15) is 15.9 Å². The second-order valence-electron chi connectivity index (χ2n) is 3.56. The highest BCUT2D eigenvalue weighted by molar-refractivity contribution is 14.1. The zero-order valence-corrected chi connectivity index (χ0v) is 11.3. The maximum atomic E-state index is 11.9. The van der Waals surface area contributed by atoms with Crippen molar-refractivity contribution < 1.29 is 4.79 Å². The number of nitrogen functional groups attached to an aromatic ring is 1. The van der Waals surface area contributed by atoms with Crippen LogP contribution in [-0.2, 0) is 0 Å². The normalized spacial score (nSPS) is 10.2. The lowest BCUT2D eigenvalue weighted by Crippen LogP contribution is -2.14. The Balaban J connectivity index is 2.25. The van der Waals surface area contributed by atoms with E-state index in [2.05, 4.69) is 38.1 Å². The Hall–Kier alpha value is -1.57. The molecule has 2 rings (SSSR count). The monoisotopic (exact) mass is 342 g/mol. The molecule has 0 bridgehead atoms. The molecule has 5 nitrogen and oxygen atoms in total. The molecule has 4 N–H and O–H groups in total. The van der Waals surface area contributed by atoms with E-state index in [0.29, 0.717) is 5.56 Å². The third kappa shape index (κ3) is 2.41. The van der Waals surface area contributed by atoms with Crippen molar-refractivity contribution in [1.82, 2.24) is 10.2 Å². The van der Waals surface area contributed by atoms with Crippen LogP contribution in [0.4, 0.5) is 11.5 Å². The van der Waals surface area contributed by atoms with E-state index in [4.69, 9.17) is 5.73 Å². The predicted octanol–water partition coefficient (Wildman–Crippen LogP) is 2.16. The fourth-order valence-electron chi connectivity index (χ4n) is 1.41. The molecule has 1 aromatic carbocycles. The van der Waals surface area contributed by atoms with Gasteiger partial charge in [-0.1, -0.05) is 6.07 Å². The first-order valence-electron chi connectivity index (χ1n) is 4.95. The number of hydrogen-bond donors (Lipinski definition) is 3. The van der Waals surface area contributed by atoms with Crippen LogP contribution in [0.2, 0.25) is 0 Å². The van der Waals surface area contributed by atoms with Crippen LogP contribution < -0.4 is 11.1 Å². The number of hydrogen-bond acceptors (Lipinski definition) is 3. The Kier molecular flexibility index (Phi) is 3.32. The molecule has 0 saturated carbocycles. The number of carbonyl (C=O) groups excluding carboxylic acids is 1. The third-order valence-electron chi connectivity index (χ3n) is 2.43. The van der Waals surface area contributed by atoms with Crippen LogP contribution in [0.25, 0.3) is 0 Å². The van der Waals surface area contributed by atoms with Gasteiger partial charge in [-0.05, 0) is 47.2 Å². The van der Waals surface area contributed by atoms with Gasteiger partial charge < -0.3 is 11.1 Å². The third-order valence-corrected chi connectivity index (χ3v) is 3.60. The van der Waals surface area contributed by atoms with Crippen LogP contribution in [0, 0.1) is 10.5 Å². The van der Waals surface area contributed by atoms with E-state index in [0.717, 1.165) is 14.8 Å². The first kappa shape index (κ1) is 11.9. The summed E-state index contributed by atoms with van der Waals surface area (Å²) in [7, 11) is 0. The molecule has 0 aliphatic carbocycles. The molecule has 6 heteroatoms. The first-order valence-corrected chi connectivity index (χ1v) is 6.03. The Morgan fingerprint density at radius 1 is 1.53 bits per heavy atom. The van der Waals surface area contributed by atoms with Crippen molar-refractivity contribution in [2.75, 3.05) is 11.1 Å². The number of rotatable bonds is 2. The molecule has 0 saturated heterocycles. The number of nitrogens with two attached hydrogens (primary N) is 1. The van der Waals surface area contributed by atoms with Gasteiger partial charge in [0.15, 0.2) is 0 Å². The number of amides is 1. The van der Waals surface area contributed by atoms with E-state index in [1.54, 1.807) is 0 Å². The summed E-state index contributed by atoms with van der Waals surface area (Å²) >= 11 is 2.22. The van der Waals surface area contributed by atoms with Gasteiger partial charge in [-0.15, -0.1) is 0 Å². The lowest BCUT2D eigenvalue weighted by molar-refractivity contribution is 0.102. The SMILES string of the molecule is Cc1c(I)cccc1NC(=O)c1cn[nH]c1N. The Bertz CT molecular complexity index is 564. The van der Waals surface area contributed by atoms with E-state index in [9.17, 15) is 4.79 Å². The van der Waals surface area contributed by atoms with Gasteiger partial charge >= 0.3 is 0 Å². The van der Waals surface area contributed by atoms with E-state index < -0.39 is 0 Å². The summed E-state index contributed by atoms with van der Waals surface area (Å²) < 4.78 is 1.10. The second-order valence-corrected chi connectivity index (χ2v) is 4.73. The van der Waals surface area contributed by atoms with Crippen LogP contribution >= 0.6 is 22.6 Å². The summed E-state index contributed by atoms with van der Waals surface area (Å²) in [5, 5.41) is 9.05. The number of anilines is 2. The van der Waals surface area contributed by atoms with Gasteiger partial charge in [0, 0.05) is 9.26 Å². The average Bonchev–Trinajstić information content (AvgIpc) is 2.71. The predicted molar refractivity (Wildman–Crippen MR) is 74.8 cm³/mol. The molecule has 17 heavy (non-hydrogen) atoms. The molecule has 0 unspecified atom stereocenters. The summed E-state index contributed by atoms with van der Waals surface area (Å²) in [6.07, 6.45) is 1.41. The van der Waals surface area contributed by atoms with Gasteiger partial charge in [-0.3, -0.25) is 9.89 Å². The zero-order valence-electron chi connectivity index (χ0n) is 9.12. The number of aromatic nitrogens is 2. The molecular weight excluding hydrogens is 331 g/mol. The standard InChI is InChI=1S/C11H11IN4O/c1-6-8(12)3-2-4-9(6)15-11(17)7-5-14-16-10(7)13/h2-5H,1H3,(H,15,17)(H3,13,14,16). The van der Waals surface area contributed by atoms with Crippen LogP contribution in [0.5, 0.6) is 0 Å². The molecule has 1 heterocycles. The van der Waals surface area contributed by atoms with Crippen molar-refractivity contribution in [3.8, 4) is 0 Å². The average molecular weight is 342 g/mol. The van der Waals surface area contributed by atoms with Gasteiger partial charge in [-0.2, -0.15) is 5.10 Å². The molecule has 88 valence electrons. The molecule has 0 fully saturated rings.